The molecule has 1 aliphatic heterocycles. The fraction of sp³-hybridized carbons (Fsp3) is 0.467. The van der Waals surface area contributed by atoms with Crippen LogP contribution in [0.1, 0.15) is 54.6 Å². The van der Waals surface area contributed by atoms with E-state index in [4.69, 9.17) is 0 Å². The molecule has 3 aromatic rings. The maximum absolute atomic E-state index is 13.6. The van der Waals surface area contributed by atoms with Gasteiger partial charge in [0.1, 0.15) is 0 Å². The summed E-state index contributed by atoms with van der Waals surface area (Å²) in [5.41, 5.74) is 3.48. The number of aliphatic hydroxyl groups is 1. The predicted octanol–water partition coefficient (Wildman–Crippen LogP) is 3.15. The summed E-state index contributed by atoms with van der Waals surface area (Å²) < 4.78 is 28.9. The molecule has 0 bridgehead atoms. The van der Waals surface area contributed by atoms with Crippen LogP contribution in [0, 0.1) is 0 Å². The number of amides is 1. The summed E-state index contributed by atoms with van der Waals surface area (Å²) in [4.78, 5) is 13.6. The van der Waals surface area contributed by atoms with Crippen LogP contribution in [0.2, 0.25) is 0 Å². The Kier molecular flexibility index (Phi) is 10.8. The molecule has 1 aliphatic rings. The molecule has 11 heteroatoms. The van der Waals surface area contributed by atoms with E-state index < -0.39 is 22.2 Å². The maximum Gasteiger partial charge on any atom is 0.251 e. The van der Waals surface area contributed by atoms with E-state index in [0.29, 0.717) is 49.4 Å². The van der Waals surface area contributed by atoms with Gasteiger partial charge in [0, 0.05) is 55.7 Å². The van der Waals surface area contributed by atoms with Gasteiger partial charge in [-0.05, 0) is 56.4 Å². The molecule has 4 N–H and O–H groups in total. The molecule has 0 aliphatic carbocycles. The second kappa shape index (κ2) is 14.5. The lowest BCUT2D eigenvalue weighted by Crippen LogP contribution is -2.48. The number of aliphatic hydroxyl groups excluding tert-OH is 1. The molecule has 222 valence electrons. The van der Waals surface area contributed by atoms with Crippen LogP contribution in [0.4, 0.5) is 11.4 Å². The number of rotatable bonds is 14. The van der Waals surface area contributed by atoms with Crippen LogP contribution in [0.25, 0.3) is 0 Å². The van der Waals surface area contributed by atoms with Crippen LogP contribution in [-0.2, 0) is 29.5 Å². The number of hydrogen-bond acceptors (Lipinski definition) is 7. The number of hydrogen-bond donors (Lipinski definition) is 4. The van der Waals surface area contributed by atoms with Gasteiger partial charge in [-0.15, -0.1) is 0 Å². The van der Waals surface area contributed by atoms with Crippen molar-refractivity contribution in [1.82, 2.24) is 20.4 Å². The molecule has 1 aromatic heterocycles. The summed E-state index contributed by atoms with van der Waals surface area (Å²) in [6, 6.07) is 14.2. The second-order valence-electron chi connectivity index (χ2n) is 10.5. The minimum absolute atomic E-state index is 0.0949. The molecule has 2 aromatic carbocycles. The summed E-state index contributed by atoms with van der Waals surface area (Å²) in [5, 5.41) is 25.1. The molecular formula is C30H42N6O4S. The van der Waals surface area contributed by atoms with Crippen molar-refractivity contribution in [3.05, 3.63) is 77.6 Å². The number of sulfonamides is 1. The van der Waals surface area contributed by atoms with Crippen molar-refractivity contribution in [3.63, 3.8) is 0 Å². The number of benzene rings is 2. The summed E-state index contributed by atoms with van der Waals surface area (Å²) in [7, 11) is -3.44. The Morgan fingerprint density at radius 2 is 1.90 bits per heavy atom. The third-order valence-electron chi connectivity index (χ3n) is 7.10. The molecule has 1 fully saturated rings. The van der Waals surface area contributed by atoms with Gasteiger partial charge in [-0.3, -0.25) is 13.8 Å². The first-order valence-electron chi connectivity index (χ1n) is 14.4. The van der Waals surface area contributed by atoms with Crippen LogP contribution in [0.3, 0.4) is 0 Å². The Morgan fingerprint density at radius 1 is 1.10 bits per heavy atom. The summed E-state index contributed by atoms with van der Waals surface area (Å²) in [6.45, 7) is 6.72. The Hall–Kier alpha value is -3.41. The zero-order valence-electron chi connectivity index (χ0n) is 23.9. The zero-order valence-corrected chi connectivity index (χ0v) is 24.7. The van der Waals surface area contributed by atoms with Gasteiger partial charge in [-0.2, -0.15) is 5.10 Å². The highest BCUT2D eigenvalue weighted by atomic mass is 32.2. The maximum atomic E-state index is 13.6. The largest absolute Gasteiger partial charge is 0.390 e. The first kappa shape index (κ1) is 30.5. The van der Waals surface area contributed by atoms with Gasteiger partial charge in [-0.25, -0.2) is 8.42 Å². The first-order chi connectivity index (χ1) is 19.8. The number of nitrogens with zero attached hydrogens (tertiary/aromatic N) is 3. The van der Waals surface area contributed by atoms with Crippen LogP contribution in [0.5, 0.6) is 0 Å². The normalized spacial score (nSPS) is 16.2. The van der Waals surface area contributed by atoms with Crippen molar-refractivity contribution in [2.75, 3.05) is 35.0 Å². The van der Waals surface area contributed by atoms with E-state index in [2.05, 4.69) is 28.0 Å². The van der Waals surface area contributed by atoms with Crippen molar-refractivity contribution in [3.8, 4) is 0 Å². The van der Waals surface area contributed by atoms with Gasteiger partial charge in [0.15, 0.2) is 0 Å². The number of anilines is 2. The highest BCUT2D eigenvalue weighted by molar-refractivity contribution is 7.92. The summed E-state index contributed by atoms with van der Waals surface area (Å²) >= 11 is 0. The quantitative estimate of drug-likeness (QED) is 0.230. The number of carbonyl (C=O) groups is 1. The zero-order chi connectivity index (χ0) is 29.2. The van der Waals surface area contributed by atoms with E-state index in [1.54, 1.807) is 18.2 Å². The first-order valence-corrected chi connectivity index (χ1v) is 16.0. The molecule has 0 radical (unpaired) electrons. The van der Waals surface area contributed by atoms with Crippen molar-refractivity contribution in [2.24, 2.45) is 0 Å². The Bertz CT molecular complexity index is 1380. The van der Waals surface area contributed by atoms with Crippen molar-refractivity contribution in [1.29, 1.82) is 0 Å². The SMILES string of the molecule is CCCn1cc(CNC[C@@H](O)[C@H](Cc2ccccc2)NC(=O)c2cc(NCC)cc(N3CCCCS3(=O)=O)c2)cn1. The average Bonchev–Trinajstić information content (AvgIpc) is 3.40. The lowest BCUT2D eigenvalue weighted by molar-refractivity contribution is 0.0830. The van der Waals surface area contributed by atoms with E-state index in [1.807, 2.05) is 54.3 Å². The highest BCUT2D eigenvalue weighted by Crippen LogP contribution is 2.28. The van der Waals surface area contributed by atoms with Crippen molar-refractivity contribution >= 4 is 27.3 Å². The van der Waals surface area contributed by atoms with E-state index in [-0.39, 0.29) is 18.2 Å². The van der Waals surface area contributed by atoms with Gasteiger partial charge in [0.2, 0.25) is 10.0 Å². The molecule has 0 spiro atoms. The fourth-order valence-electron chi connectivity index (χ4n) is 5.03. The summed E-state index contributed by atoms with van der Waals surface area (Å²) in [6.07, 6.45) is 5.77. The number of aryl methyl sites for hydroxylation is 1. The molecule has 41 heavy (non-hydrogen) atoms. The number of carbonyl (C=O) groups excluding carboxylic acids is 1. The van der Waals surface area contributed by atoms with E-state index >= 15 is 0 Å². The standard InChI is InChI=1S/C30H42N6O4S/c1-3-12-35-22-24(20-33-35)19-31-21-29(37)28(15-23-10-6-5-7-11-23)34-30(38)25-16-26(32-4-2)18-27(17-25)36-13-8-9-14-41(36,39)40/h5-7,10-11,16-18,20,22,28-29,31-32,37H,3-4,8-9,12-15,19,21H2,1-2H3,(H,34,38)/t28-,29+/m0/s1. The van der Waals surface area contributed by atoms with Crippen LogP contribution in [0.15, 0.2) is 60.9 Å². The Morgan fingerprint density at radius 3 is 2.63 bits per heavy atom. The minimum atomic E-state index is -3.44. The molecule has 1 saturated heterocycles. The third-order valence-corrected chi connectivity index (χ3v) is 8.97. The van der Waals surface area contributed by atoms with Gasteiger partial charge < -0.3 is 21.1 Å². The fourth-order valence-corrected chi connectivity index (χ4v) is 6.65. The minimum Gasteiger partial charge on any atom is -0.390 e. The van der Waals surface area contributed by atoms with Gasteiger partial charge in [-0.1, -0.05) is 37.3 Å². The van der Waals surface area contributed by atoms with Crippen molar-refractivity contribution < 1.29 is 18.3 Å². The van der Waals surface area contributed by atoms with Crippen LogP contribution in [-0.4, -0.2) is 66.7 Å². The summed E-state index contributed by atoms with van der Waals surface area (Å²) in [5.74, 6) is -0.279. The van der Waals surface area contributed by atoms with Gasteiger partial charge >= 0.3 is 0 Å². The van der Waals surface area contributed by atoms with Gasteiger partial charge in [0.05, 0.1) is 29.8 Å². The molecule has 1 amide bonds. The smallest absolute Gasteiger partial charge is 0.251 e. The molecular weight excluding hydrogens is 540 g/mol. The Balaban J connectivity index is 1.51. The third kappa shape index (κ3) is 8.54. The van der Waals surface area contributed by atoms with Crippen molar-refractivity contribution in [2.45, 2.75) is 64.8 Å². The molecule has 2 heterocycles. The van der Waals surface area contributed by atoms with E-state index in [1.165, 1.54) is 4.31 Å². The van der Waals surface area contributed by atoms with Gasteiger partial charge in [0.25, 0.3) is 5.91 Å². The number of aromatic nitrogens is 2. The molecule has 4 rings (SSSR count). The number of nitrogens with one attached hydrogen (secondary N) is 3. The second-order valence-corrected chi connectivity index (χ2v) is 12.5. The predicted molar refractivity (Wildman–Crippen MR) is 163 cm³/mol. The monoisotopic (exact) mass is 582 g/mol. The Labute approximate surface area is 243 Å². The molecule has 2 atom stereocenters. The lowest BCUT2D eigenvalue weighted by Gasteiger charge is -2.29. The lowest BCUT2D eigenvalue weighted by atomic mass is 10.00. The van der Waals surface area contributed by atoms with Crippen LogP contribution >= 0.6 is 0 Å². The van der Waals surface area contributed by atoms with E-state index in [9.17, 15) is 18.3 Å². The van der Waals surface area contributed by atoms with E-state index in [0.717, 1.165) is 30.5 Å². The molecule has 0 unspecified atom stereocenters. The highest BCUT2D eigenvalue weighted by Gasteiger charge is 2.28. The molecule has 10 nitrogen and oxygen atoms in total. The topological polar surface area (TPSA) is 129 Å². The van der Waals surface area contributed by atoms with Crippen LogP contribution < -0.4 is 20.3 Å². The average molecular weight is 583 g/mol. The molecule has 0 saturated carbocycles.